The van der Waals surface area contributed by atoms with E-state index in [2.05, 4.69) is 5.32 Å². The summed E-state index contributed by atoms with van der Waals surface area (Å²) in [7, 11) is -11.0. The number of nitrogens with two attached hydrogens (primary N) is 1. The summed E-state index contributed by atoms with van der Waals surface area (Å²) >= 11 is 11.6. The van der Waals surface area contributed by atoms with Gasteiger partial charge in [0, 0.05) is 37.1 Å². The van der Waals surface area contributed by atoms with E-state index in [1.807, 2.05) is 29.2 Å². The van der Waals surface area contributed by atoms with Gasteiger partial charge in [-0.15, -0.1) is 23.2 Å². The first kappa shape index (κ1) is 30.3. The Bertz CT molecular complexity index is 822. The Morgan fingerprint density at radius 3 is 2.00 bits per heavy atom. The molecule has 0 saturated heterocycles. The van der Waals surface area contributed by atoms with Crippen LogP contribution in [0.2, 0.25) is 0 Å². The van der Waals surface area contributed by atoms with Gasteiger partial charge in [-0.3, -0.25) is 13.9 Å². The second-order valence-electron chi connectivity index (χ2n) is 7.45. The predicted molar refractivity (Wildman–Crippen MR) is 128 cm³/mol. The summed E-state index contributed by atoms with van der Waals surface area (Å²) in [5.74, 6) is 0.466. The van der Waals surface area contributed by atoms with Gasteiger partial charge in [0.15, 0.2) is 0 Å². The summed E-state index contributed by atoms with van der Waals surface area (Å²) in [6.07, 6.45) is -0.592. The van der Waals surface area contributed by atoms with Crippen LogP contribution in [-0.4, -0.2) is 73.1 Å². The van der Waals surface area contributed by atoms with Gasteiger partial charge in [0.2, 0.25) is 5.91 Å². The molecule has 1 atom stereocenters. The van der Waals surface area contributed by atoms with Gasteiger partial charge in [-0.05, 0) is 43.4 Å². The van der Waals surface area contributed by atoms with Crippen LogP contribution in [0.15, 0.2) is 24.3 Å². The van der Waals surface area contributed by atoms with Crippen LogP contribution in [0.4, 0.5) is 5.69 Å². The van der Waals surface area contributed by atoms with Crippen LogP contribution in [0, 0.1) is 0 Å². The second kappa shape index (κ2) is 13.4. The number of halogens is 2. The van der Waals surface area contributed by atoms with E-state index in [1.165, 1.54) is 0 Å². The van der Waals surface area contributed by atoms with E-state index < -0.39 is 38.6 Å². The Kier molecular flexibility index (Phi) is 12.3. The second-order valence-corrected chi connectivity index (χ2v) is 12.2. The first-order valence-corrected chi connectivity index (χ1v) is 14.4. The molecule has 0 heterocycles. The Labute approximate surface area is 202 Å². The van der Waals surface area contributed by atoms with E-state index in [1.54, 1.807) is 0 Å². The Hall–Kier alpha value is -0.710. The maximum absolute atomic E-state index is 12.2. The van der Waals surface area contributed by atoms with Gasteiger partial charge >= 0.3 is 15.2 Å². The van der Waals surface area contributed by atoms with Crippen LogP contribution in [0.5, 0.6) is 0 Å². The molecule has 190 valence electrons. The number of aliphatic hydroxyl groups is 1. The highest BCUT2D eigenvalue weighted by molar-refractivity contribution is 7.72. The highest BCUT2D eigenvalue weighted by Crippen LogP contribution is 2.69. The lowest BCUT2D eigenvalue weighted by atomic mass is 10.1. The summed E-state index contributed by atoms with van der Waals surface area (Å²) in [6.45, 7) is 1.35. The molecule has 1 amide bonds. The maximum atomic E-state index is 12.2. The predicted octanol–water partition coefficient (Wildman–Crippen LogP) is 1.13. The van der Waals surface area contributed by atoms with Crippen molar-refractivity contribution in [1.82, 2.24) is 5.32 Å². The van der Waals surface area contributed by atoms with Crippen molar-refractivity contribution in [2.24, 2.45) is 5.73 Å². The third-order valence-electron chi connectivity index (χ3n) is 4.97. The zero-order valence-corrected chi connectivity index (χ0v) is 21.2. The van der Waals surface area contributed by atoms with Crippen molar-refractivity contribution < 1.29 is 38.6 Å². The van der Waals surface area contributed by atoms with Crippen LogP contribution >= 0.6 is 38.4 Å². The van der Waals surface area contributed by atoms with Gasteiger partial charge in [0.1, 0.15) is 0 Å². The first-order chi connectivity index (χ1) is 15.3. The Morgan fingerprint density at radius 1 is 1.03 bits per heavy atom. The molecule has 0 aliphatic heterocycles. The van der Waals surface area contributed by atoms with E-state index in [4.69, 9.17) is 48.5 Å². The number of benzene rings is 1. The molecule has 0 unspecified atom stereocenters. The van der Waals surface area contributed by atoms with Gasteiger partial charge in [-0.2, -0.15) is 0 Å². The van der Waals surface area contributed by atoms with Gasteiger partial charge in [0.25, 0.3) is 5.08 Å². The number of unbranched alkanes of at least 4 members (excludes halogenated alkanes) is 1. The van der Waals surface area contributed by atoms with E-state index in [-0.39, 0.29) is 25.8 Å². The molecule has 0 fully saturated rings. The number of nitrogens with one attached hydrogen (secondary N) is 1. The number of amides is 1. The molecule has 0 spiro atoms. The summed E-state index contributed by atoms with van der Waals surface area (Å²) in [5, 5.41) is 8.92. The van der Waals surface area contributed by atoms with Crippen LogP contribution in [-0.2, 0) is 20.3 Å². The van der Waals surface area contributed by atoms with Crippen molar-refractivity contribution in [3.63, 3.8) is 0 Å². The van der Waals surface area contributed by atoms with Crippen molar-refractivity contribution in [1.29, 1.82) is 0 Å². The number of anilines is 1. The minimum atomic E-state index is -5.48. The molecule has 15 heteroatoms. The Morgan fingerprint density at radius 2 is 1.55 bits per heavy atom. The topological polar surface area (TPSA) is 194 Å². The van der Waals surface area contributed by atoms with Crippen molar-refractivity contribution in [3.05, 3.63) is 29.8 Å². The molecule has 1 aromatic carbocycles. The van der Waals surface area contributed by atoms with Crippen LogP contribution in [0.3, 0.4) is 0 Å². The minimum absolute atomic E-state index is 0.0513. The summed E-state index contributed by atoms with van der Waals surface area (Å²) < 4.78 is 22.6. The van der Waals surface area contributed by atoms with E-state index >= 15 is 0 Å². The standard InChI is InChI=1S/C18H31Cl2N3O8P2/c19-8-11-23(12-9-20)15-5-3-14(4-6-15)13-16(21)17(24)22-10-2-1-7-18(25,32(26,27)28)33(29,30)31/h3-6,16,25H,1-2,7-13,21H2,(H,22,24)(H2,26,27,28)(H2,29,30,31)/t16-/m0/s1. The molecule has 0 bridgehead atoms. The summed E-state index contributed by atoms with van der Waals surface area (Å²) in [4.78, 5) is 50.6. The van der Waals surface area contributed by atoms with Crippen molar-refractivity contribution in [2.45, 2.75) is 36.8 Å². The third-order valence-corrected chi connectivity index (χ3v) is 9.19. The van der Waals surface area contributed by atoms with Gasteiger partial charge < -0.3 is 40.6 Å². The van der Waals surface area contributed by atoms with Crippen LogP contribution < -0.4 is 16.0 Å². The molecule has 11 nitrogen and oxygen atoms in total. The van der Waals surface area contributed by atoms with Crippen molar-refractivity contribution in [2.75, 3.05) is 36.3 Å². The first-order valence-electron chi connectivity index (χ1n) is 10.1. The number of alkyl halides is 2. The fourth-order valence-electron chi connectivity index (χ4n) is 3.05. The quantitative estimate of drug-likeness (QED) is 0.0946. The summed E-state index contributed by atoms with van der Waals surface area (Å²) in [5.41, 5.74) is 7.72. The molecule has 0 aliphatic carbocycles. The molecular formula is C18H31Cl2N3O8P2. The number of hydrogen-bond donors (Lipinski definition) is 7. The molecular weight excluding hydrogens is 519 g/mol. The van der Waals surface area contributed by atoms with E-state index in [9.17, 15) is 19.0 Å². The number of hydrogen-bond acceptors (Lipinski definition) is 6. The number of carbonyl (C=O) groups excluding carboxylic acids is 1. The van der Waals surface area contributed by atoms with Gasteiger partial charge in [-0.25, -0.2) is 0 Å². The average molecular weight is 550 g/mol. The van der Waals surface area contributed by atoms with Crippen LogP contribution in [0.1, 0.15) is 24.8 Å². The Balaban J connectivity index is 2.52. The maximum Gasteiger partial charge on any atom is 0.369 e. The molecule has 33 heavy (non-hydrogen) atoms. The van der Waals surface area contributed by atoms with Crippen LogP contribution in [0.25, 0.3) is 0 Å². The SMILES string of the molecule is N[C@@H](Cc1ccc(N(CCCl)CCCl)cc1)C(=O)NCCCCC(O)(P(=O)(O)O)P(=O)(O)O. The largest absolute Gasteiger partial charge is 0.369 e. The zero-order chi connectivity index (χ0) is 25.3. The fourth-order valence-corrected chi connectivity index (χ4v) is 5.72. The minimum Gasteiger partial charge on any atom is -0.369 e. The van der Waals surface area contributed by atoms with Gasteiger partial charge in [-0.1, -0.05) is 12.1 Å². The lowest BCUT2D eigenvalue weighted by Crippen LogP contribution is -2.42. The number of carbonyl (C=O) groups is 1. The smallest absolute Gasteiger partial charge is 0.369 e. The number of nitrogens with zero attached hydrogens (tertiary/aromatic N) is 1. The third kappa shape index (κ3) is 9.11. The summed E-state index contributed by atoms with van der Waals surface area (Å²) in [6, 6.07) is 6.63. The number of rotatable bonds is 15. The lowest BCUT2D eigenvalue weighted by Gasteiger charge is -2.29. The fraction of sp³-hybridized carbons (Fsp3) is 0.611. The molecule has 0 saturated carbocycles. The lowest BCUT2D eigenvalue weighted by molar-refractivity contribution is -0.122. The average Bonchev–Trinajstić information content (AvgIpc) is 2.72. The van der Waals surface area contributed by atoms with Crippen molar-refractivity contribution >= 4 is 50.0 Å². The normalized spacial score (nSPS) is 13.6. The molecule has 0 aliphatic rings. The van der Waals surface area contributed by atoms with Crippen molar-refractivity contribution in [3.8, 4) is 0 Å². The van der Waals surface area contributed by atoms with E-state index in [0.29, 0.717) is 24.8 Å². The molecule has 1 aromatic rings. The molecule has 0 radical (unpaired) electrons. The molecule has 0 aromatic heterocycles. The highest BCUT2D eigenvalue weighted by Gasteiger charge is 2.58. The highest BCUT2D eigenvalue weighted by atomic mass is 35.5. The van der Waals surface area contributed by atoms with Gasteiger partial charge in [0.05, 0.1) is 6.04 Å². The molecule has 1 rings (SSSR count). The van der Waals surface area contributed by atoms with E-state index in [0.717, 1.165) is 11.3 Å². The zero-order valence-electron chi connectivity index (χ0n) is 17.9. The molecule has 8 N–H and O–H groups in total. The monoisotopic (exact) mass is 549 g/mol.